The molecule has 112 valence electrons. The molecule has 1 unspecified atom stereocenters. The molecule has 1 aromatic carbocycles. The number of aromatic amines is 1. The average molecular weight is 292 g/mol. The van der Waals surface area contributed by atoms with Gasteiger partial charge in [0.1, 0.15) is 0 Å². The number of hydrogen-bond acceptors (Lipinski definition) is 2. The van der Waals surface area contributed by atoms with Gasteiger partial charge in [-0.1, -0.05) is 6.07 Å². The number of benzene rings is 1. The minimum Gasteiger partial charge on any atom is -0.361 e. The van der Waals surface area contributed by atoms with Gasteiger partial charge in [0.25, 0.3) is 0 Å². The second kappa shape index (κ2) is 4.71. The smallest absolute Gasteiger partial charge is 0.0675 e. The SMILES string of the molecule is c1cc2cc(-c3cnn(C4CN5CCC4CC5)c3)ccc2[nH]1. The number of H-pyrrole nitrogens is 1. The molecule has 3 saturated heterocycles. The number of aromatic nitrogens is 3. The van der Waals surface area contributed by atoms with E-state index in [0.717, 1.165) is 5.92 Å². The number of rotatable bonds is 2. The van der Waals surface area contributed by atoms with Crippen LogP contribution in [0.4, 0.5) is 0 Å². The van der Waals surface area contributed by atoms with E-state index in [1.54, 1.807) is 0 Å². The predicted molar refractivity (Wildman–Crippen MR) is 87.7 cm³/mol. The van der Waals surface area contributed by atoms with Crippen LogP contribution in [0.5, 0.6) is 0 Å². The van der Waals surface area contributed by atoms with Crippen LogP contribution in [-0.4, -0.2) is 39.3 Å². The maximum atomic E-state index is 4.68. The van der Waals surface area contributed by atoms with E-state index in [4.69, 9.17) is 0 Å². The first-order chi connectivity index (χ1) is 10.9. The van der Waals surface area contributed by atoms with Gasteiger partial charge in [0.05, 0.1) is 12.2 Å². The first-order valence-electron chi connectivity index (χ1n) is 8.21. The van der Waals surface area contributed by atoms with E-state index < -0.39 is 0 Å². The molecule has 3 aromatic rings. The molecule has 4 heteroatoms. The number of nitrogens with zero attached hydrogens (tertiary/aromatic N) is 3. The fourth-order valence-electron chi connectivity index (χ4n) is 4.13. The van der Waals surface area contributed by atoms with E-state index in [0.29, 0.717) is 6.04 Å². The minimum absolute atomic E-state index is 0.562. The van der Waals surface area contributed by atoms with Gasteiger partial charge in [-0.05, 0) is 61.0 Å². The highest BCUT2D eigenvalue weighted by molar-refractivity contribution is 5.84. The van der Waals surface area contributed by atoms with Gasteiger partial charge in [0.2, 0.25) is 0 Å². The minimum atomic E-state index is 0.562. The first-order valence-corrected chi connectivity index (χ1v) is 8.21. The van der Waals surface area contributed by atoms with Gasteiger partial charge < -0.3 is 9.88 Å². The van der Waals surface area contributed by atoms with Crippen molar-refractivity contribution in [3.63, 3.8) is 0 Å². The van der Waals surface area contributed by atoms with E-state index in [2.05, 4.69) is 50.1 Å². The van der Waals surface area contributed by atoms with Crippen LogP contribution in [-0.2, 0) is 0 Å². The molecule has 3 aliphatic heterocycles. The van der Waals surface area contributed by atoms with E-state index in [1.807, 2.05) is 12.4 Å². The fourth-order valence-corrected chi connectivity index (χ4v) is 4.13. The summed E-state index contributed by atoms with van der Waals surface area (Å²) in [6.07, 6.45) is 8.90. The number of fused-ring (bicyclic) bond motifs is 4. The Morgan fingerprint density at radius 1 is 1.09 bits per heavy atom. The molecule has 0 aliphatic carbocycles. The van der Waals surface area contributed by atoms with Crippen LogP contribution in [0.3, 0.4) is 0 Å². The first kappa shape index (κ1) is 12.5. The van der Waals surface area contributed by atoms with Gasteiger partial charge in [-0.2, -0.15) is 5.10 Å². The summed E-state index contributed by atoms with van der Waals surface area (Å²) in [5.74, 6) is 0.810. The molecular weight excluding hydrogens is 272 g/mol. The molecule has 2 bridgehead atoms. The molecule has 6 rings (SSSR count). The monoisotopic (exact) mass is 292 g/mol. The van der Waals surface area contributed by atoms with E-state index in [9.17, 15) is 0 Å². The summed E-state index contributed by atoms with van der Waals surface area (Å²) in [4.78, 5) is 5.83. The molecule has 0 amide bonds. The summed E-state index contributed by atoms with van der Waals surface area (Å²) in [7, 11) is 0. The second-order valence-electron chi connectivity index (χ2n) is 6.69. The van der Waals surface area contributed by atoms with E-state index in [-0.39, 0.29) is 0 Å². The highest BCUT2D eigenvalue weighted by Gasteiger charge is 2.35. The summed E-state index contributed by atoms with van der Waals surface area (Å²) in [6, 6.07) is 9.25. The van der Waals surface area contributed by atoms with E-state index in [1.165, 1.54) is 54.5 Å². The molecule has 0 radical (unpaired) electrons. The fraction of sp³-hybridized carbons (Fsp3) is 0.389. The summed E-state index contributed by atoms with van der Waals surface area (Å²) in [5, 5.41) is 5.94. The molecule has 3 aliphatic rings. The summed E-state index contributed by atoms with van der Waals surface area (Å²) in [6.45, 7) is 3.72. The maximum absolute atomic E-state index is 4.68. The van der Waals surface area contributed by atoms with Crippen LogP contribution in [0.1, 0.15) is 18.9 Å². The molecule has 1 atom stereocenters. The normalized spacial score (nSPS) is 27.5. The second-order valence-corrected chi connectivity index (χ2v) is 6.69. The van der Waals surface area contributed by atoms with Crippen LogP contribution >= 0.6 is 0 Å². The lowest BCUT2D eigenvalue weighted by Gasteiger charge is -2.44. The van der Waals surface area contributed by atoms with E-state index >= 15 is 0 Å². The Balaban J connectivity index is 1.48. The van der Waals surface area contributed by atoms with Gasteiger partial charge in [0.15, 0.2) is 0 Å². The summed E-state index contributed by atoms with van der Waals surface area (Å²) < 4.78 is 2.21. The lowest BCUT2D eigenvalue weighted by Crippen LogP contribution is -2.48. The Morgan fingerprint density at radius 2 is 2.00 bits per heavy atom. The lowest BCUT2D eigenvalue weighted by molar-refractivity contribution is 0.0513. The van der Waals surface area contributed by atoms with Gasteiger partial charge in [-0.25, -0.2) is 0 Å². The number of piperidine rings is 3. The van der Waals surface area contributed by atoms with Crippen molar-refractivity contribution in [2.75, 3.05) is 19.6 Å². The van der Waals surface area contributed by atoms with Crippen molar-refractivity contribution in [2.45, 2.75) is 18.9 Å². The van der Waals surface area contributed by atoms with Crippen molar-refractivity contribution < 1.29 is 0 Å². The average Bonchev–Trinajstić information content (AvgIpc) is 3.24. The molecule has 1 N–H and O–H groups in total. The standard InChI is InChI=1S/C18H20N4/c1-2-17-15(3-6-19-17)9-14(1)16-10-20-22(11-16)18-12-21-7-4-13(18)5-8-21/h1-3,6,9-11,13,18-19H,4-5,7-8,12H2. The van der Waals surface area contributed by atoms with Crippen LogP contribution < -0.4 is 0 Å². The quantitative estimate of drug-likeness (QED) is 0.787. The maximum Gasteiger partial charge on any atom is 0.0675 e. The third kappa shape index (κ3) is 1.91. The van der Waals surface area contributed by atoms with Crippen LogP contribution in [0.25, 0.3) is 22.0 Å². The zero-order chi connectivity index (χ0) is 14.5. The zero-order valence-electron chi connectivity index (χ0n) is 12.6. The molecule has 5 heterocycles. The predicted octanol–water partition coefficient (Wildman–Crippen LogP) is 3.30. The largest absolute Gasteiger partial charge is 0.361 e. The van der Waals surface area contributed by atoms with Crippen molar-refractivity contribution >= 4 is 10.9 Å². The van der Waals surface area contributed by atoms with Crippen molar-refractivity contribution in [3.8, 4) is 11.1 Å². The molecule has 0 spiro atoms. The van der Waals surface area contributed by atoms with Crippen molar-refractivity contribution in [2.24, 2.45) is 5.92 Å². The van der Waals surface area contributed by atoms with Crippen LogP contribution in [0.2, 0.25) is 0 Å². The molecule has 2 aromatic heterocycles. The van der Waals surface area contributed by atoms with Crippen molar-refractivity contribution in [1.29, 1.82) is 0 Å². The van der Waals surface area contributed by atoms with Gasteiger partial charge in [-0.15, -0.1) is 0 Å². The highest BCUT2D eigenvalue weighted by Crippen LogP contribution is 2.36. The Bertz CT molecular complexity index is 807. The lowest BCUT2D eigenvalue weighted by atomic mass is 9.84. The number of hydrogen-bond donors (Lipinski definition) is 1. The Labute approximate surface area is 129 Å². The zero-order valence-corrected chi connectivity index (χ0v) is 12.6. The highest BCUT2D eigenvalue weighted by atomic mass is 15.3. The Morgan fingerprint density at radius 3 is 2.82 bits per heavy atom. The summed E-state index contributed by atoms with van der Waals surface area (Å²) >= 11 is 0. The summed E-state index contributed by atoms with van der Waals surface area (Å²) in [5.41, 5.74) is 3.66. The number of nitrogens with one attached hydrogen (secondary N) is 1. The topological polar surface area (TPSA) is 36.9 Å². The Kier molecular flexibility index (Phi) is 2.67. The van der Waals surface area contributed by atoms with Crippen molar-refractivity contribution in [3.05, 3.63) is 42.9 Å². The molecular formula is C18H20N4. The van der Waals surface area contributed by atoms with Gasteiger partial charge in [-0.3, -0.25) is 4.68 Å². The van der Waals surface area contributed by atoms with Crippen molar-refractivity contribution in [1.82, 2.24) is 19.7 Å². The van der Waals surface area contributed by atoms with Gasteiger partial charge >= 0.3 is 0 Å². The molecule has 3 fully saturated rings. The third-order valence-corrected chi connectivity index (χ3v) is 5.45. The van der Waals surface area contributed by atoms with Gasteiger partial charge in [0, 0.05) is 30.0 Å². The van der Waals surface area contributed by atoms with Crippen LogP contribution in [0, 0.1) is 5.92 Å². The molecule has 4 nitrogen and oxygen atoms in total. The Hall–Kier alpha value is -2.07. The molecule has 0 saturated carbocycles. The third-order valence-electron chi connectivity index (χ3n) is 5.45. The van der Waals surface area contributed by atoms with Crippen LogP contribution in [0.15, 0.2) is 42.9 Å². The molecule has 22 heavy (non-hydrogen) atoms.